The van der Waals surface area contributed by atoms with E-state index in [0.29, 0.717) is 22.2 Å². The highest BCUT2D eigenvalue weighted by atomic mass is 35.5. The first-order chi connectivity index (χ1) is 12.7. The van der Waals surface area contributed by atoms with Crippen LogP contribution in [0.1, 0.15) is 36.0 Å². The van der Waals surface area contributed by atoms with Crippen molar-refractivity contribution in [1.82, 2.24) is 9.88 Å². The van der Waals surface area contributed by atoms with Crippen molar-refractivity contribution >= 4 is 17.5 Å². The van der Waals surface area contributed by atoms with E-state index in [0.717, 1.165) is 25.7 Å². The summed E-state index contributed by atoms with van der Waals surface area (Å²) in [4.78, 5) is 19.4. The maximum atomic E-state index is 13.2. The topological polar surface area (TPSA) is 51.7 Å². The highest BCUT2D eigenvalue weighted by molar-refractivity contribution is 6.31. The van der Waals surface area contributed by atoms with Gasteiger partial charge in [0, 0.05) is 42.2 Å². The van der Waals surface area contributed by atoms with Gasteiger partial charge >= 0.3 is 0 Å². The van der Waals surface area contributed by atoms with Crippen LogP contribution in [0.25, 0.3) is 0 Å². The van der Waals surface area contributed by atoms with Crippen molar-refractivity contribution < 1.29 is 14.3 Å². The average Bonchev–Trinajstić information content (AvgIpc) is 2.92. The Hall–Kier alpha value is -2.27. The summed E-state index contributed by atoms with van der Waals surface area (Å²) < 4.78 is 11.4. The van der Waals surface area contributed by atoms with E-state index in [4.69, 9.17) is 21.1 Å². The number of rotatable bonds is 4. The van der Waals surface area contributed by atoms with Gasteiger partial charge in [0.1, 0.15) is 11.9 Å². The second-order valence-corrected chi connectivity index (χ2v) is 7.26. The van der Waals surface area contributed by atoms with Crippen LogP contribution in [0, 0.1) is 0 Å². The summed E-state index contributed by atoms with van der Waals surface area (Å²) in [5.41, 5.74) is 0.529. The molecule has 2 aromatic rings. The van der Waals surface area contributed by atoms with Crippen LogP contribution in [0.15, 0.2) is 42.6 Å². The smallest absolute Gasteiger partial charge is 0.258 e. The summed E-state index contributed by atoms with van der Waals surface area (Å²) in [6.45, 7) is 0. The van der Waals surface area contributed by atoms with E-state index in [-0.39, 0.29) is 24.1 Å². The van der Waals surface area contributed by atoms with Gasteiger partial charge in [0.2, 0.25) is 5.88 Å². The molecule has 0 saturated carbocycles. The second-order valence-electron chi connectivity index (χ2n) is 6.82. The molecule has 1 amide bonds. The Balaban J connectivity index is 1.52. The summed E-state index contributed by atoms with van der Waals surface area (Å²) in [5.74, 6) is 1.20. The molecule has 1 aromatic carbocycles. The Bertz CT molecular complexity index is 785. The van der Waals surface area contributed by atoms with Crippen molar-refractivity contribution in [2.45, 2.75) is 43.9 Å². The van der Waals surface area contributed by atoms with Crippen molar-refractivity contribution in [1.29, 1.82) is 0 Å². The summed E-state index contributed by atoms with van der Waals surface area (Å²) >= 11 is 6.11. The van der Waals surface area contributed by atoms with Gasteiger partial charge in [-0.2, -0.15) is 0 Å². The van der Waals surface area contributed by atoms with Crippen LogP contribution in [-0.4, -0.2) is 41.1 Å². The van der Waals surface area contributed by atoms with Gasteiger partial charge in [-0.25, -0.2) is 4.98 Å². The molecule has 2 unspecified atom stereocenters. The summed E-state index contributed by atoms with van der Waals surface area (Å²) in [5, 5.41) is 0.537. The molecule has 2 fully saturated rings. The first-order valence-corrected chi connectivity index (χ1v) is 9.27. The number of fused-ring (bicyclic) bond motifs is 2. The first kappa shape index (κ1) is 17.2. The molecule has 26 heavy (non-hydrogen) atoms. The lowest BCUT2D eigenvalue weighted by Gasteiger charge is -2.39. The van der Waals surface area contributed by atoms with E-state index in [9.17, 15) is 4.79 Å². The molecule has 2 bridgehead atoms. The van der Waals surface area contributed by atoms with Crippen LogP contribution in [0.2, 0.25) is 5.02 Å². The molecule has 0 aliphatic carbocycles. The van der Waals surface area contributed by atoms with E-state index in [2.05, 4.69) is 4.98 Å². The van der Waals surface area contributed by atoms with Crippen LogP contribution in [0.5, 0.6) is 11.6 Å². The van der Waals surface area contributed by atoms with Crippen LogP contribution in [0.3, 0.4) is 0 Å². The largest absolute Gasteiger partial charge is 0.496 e. The van der Waals surface area contributed by atoms with E-state index < -0.39 is 0 Å². The van der Waals surface area contributed by atoms with Crippen molar-refractivity contribution in [2.75, 3.05) is 7.11 Å². The van der Waals surface area contributed by atoms with Gasteiger partial charge in [0.25, 0.3) is 5.91 Å². The highest BCUT2D eigenvalue weighted by Crippen LogP contribution is 2.39. The standard InChI is InChI=1S/C20H21ClN2O3/c1-25-18-8-5-13(21)10-17(18)20(24)23-14-6-7-15(23)12-16(11-14)26-19-4-2-3-9-22-19/h2-5,8-10,14-16H,6-7,11-12H2,1H3. The highest BCUT2D eigenvalue weighted by Gasteiger charge is 2.44. The van der Waals surface area contributed by atoms with Crippen LogP contribution < -0.4 is 9.47 Å². The van der Waals surface area contributed by atoms with Gasteiger partial charge in [-0.15, -0.1) is 0 Å². The number of carbonyl (C=O) groups excluding carboxylic acids is 1. The third kappa shape index (κ3) is 3.23. The number of carbonyl (C=O) groups is 1. The second kappa shape index (κ2) is 7.16. The van der Waals surface area contributed by atoms with Gasteiger partial charge in [-0.1, -0.05) is 17.7 Å². The Morgan fingerprint density at radius 3 is 2.62 bits per heavy atom. The van der Waals surface area contributed by atoms with Crippen LogP contribution >= 0.6 is 11.6 Å². The van der Waals surface area contributed by atoms with Crippen molar-refractivity contribution in [2.24, 2.45) is 0 Å². The number of pyridine rings is 1. The SMILES string of the molecule is COc1ccc(Cl)cc1C(=O)N1C2CCC1CC(Oc1ccccn1)C2. The lowest BCUT2D eigenvalue weighted by Crippen LogP contribution is -2.49. The fourth-order valence-electron chi connectivity index (χ4n) is 4.13. The predicted molar refractivity (Wildman–Crippen MR) is 98.9 cm³/mol. The van der Waals surface area contributed by atoms with Gasteiger partial charge < -0.3 is 14.4 Å². The van der Waals surface area contributed by atoms with E-state index in [1.165, 1.54) is 0 Å². The molecule has 2 aliphatic heterocycles. The Morgan fingerprint density at radius 2 is 1.96 bits per heavy atom. The monoisotopic (exact) mass is 372 g/mol. The molecule has 6 heteroatoms. The third-order valence-electron chi connectivity index (χ3n) is 5.24. The molecule has 2 atom stereocenters. The van der Waals surface area contributed by atoms with Gasteiger partial charge in [0.15, 0.2) is 0 Å². The van der Waals surface area contributed by atoms with Gasteiger partial charge in [-0.3, -0.25) is 4.79 Å². The normalized spacial score (nSPS) is 24.4. The lowest BCUT2D eigenvalue weighted by molar-refractivity contribution is 0.0345. The van der Waals surface area contributed by atoms with E-state index >= 15 is 0 Å². The van der Waals surface area contributed by atoms with E-state index in [1.54, 1.807) is 31.5 Å². The molecule has 2 saturated heterocycles. The lowest BCUT2D eigenvalue weighted by atomic mass is 9.98. The third-order valence-corrected chi connectivity index (χ3v) is 5.48. The van der Waals surface area contributed by atoms with Gasteiger partial charge in [0.05, 0.1) is 12.7 Å². The van der Waals surface area contributed by atoms with Crippen molar-refractivity contribution in [3.05, 3.63) is 53.2 Å². The molecule has 2 aliphatic rings. The number of aromatic nitrogens is 1. The zero-order chi connectivity index (χ0) is 18.1. The Morgan fingerprint density at radius 1 is 1.19 bits per heavy atom. The number of amides is 1. The minimum Gasteiger partial charge on any atom is -0.496 e. The summed E-state index contributed by atoms with van der Waals surface area (Å²) in [6.07, 6.45) is 5.47. The number of piperidine rings is 1. The zero-order valence-corrected chi connectivity index (χ0v) is 15.4. The Labute approximate surface area is 157 Å². The molecule has 3 heterocycles. The number of halogens is 1. The fraction of sp³-hybridized carbons (Fsp3) is 0.400. The Kier molecular flexibility index (Phi) is 4.72. The number of hydrogen-bond acceptors (Lipinski definition) is 4. The number of ether oxygens (including phenoxy) is 2. The molecule has 0 N–H and O–H groups in total. The minimum absolute atomic E-state index is 0.00636. The van der Waals surface area contributed by atoms with Crippen molar-refractivity contribution in [3.63, 3.8) is 0 Å². The fourth-order valence-corrected chi connectivity index (χ4v) is 4.30. The zero-order valence-electron chi connectivity index (χ0n) is 14.6. The maximum absolute atomic E-state index is 13.2. The quantitative estimate of drug-likeness (QED) is 0.815. The number of benzene rings is 1. The minimum atomic E-state index is -0.00636. The van der Waals surface area contributed by atoms with Crippen LogP contribution in [0.4, 0.5) is 0 Å². The molecule has 4 rings (SSSR count). The molecule has 5 nitrogen and oxygen atoms in total. The molecule has 1 aromatic heterocycles. The summed E-state index contributed by atoms with van der Waals surface area (Å²) in [6, 6.07) is 11.2. The van der Waals surface area contributed by atoms with Crippen LogP contribution in [-0.2, 0) is 0 Å². The number of hydrogen-bond donors (Lipinski definition) is 0. The molecular weight excluding hydrogens is 352 g/mol. The number of nitrogens with zero attached hydrogens (tertiary/aromatic N) is 2. The predicted octanol–water partition coefficient (Wildman–Crippen LogP) is 3.96. The summed E-state index contributed by atoms with van der Waals surface area (Å²) in [7, 11) is 1.57. The molecule has 0 spiro atoms. The van der Waals surface area contributed by atoms with Gasteiger partial charge in [-0.05, 0) is 37.1 Å². The van der Waals surface area contributed by atoms with Crippen molar-refractivity contribution in [3.8, 4) is 11.6 Å². The molecule has 0 radical (unpaired) electrons. The average molecular weight is 373 g/mol. The maximum Gasteiger partial charge on any atom is 0.258 e. The molecular formula is C20H21ClN2O3. The number of methoxy groups -OCH3 is 1. The van der Waals surface area contributed by atoms with E-state index in [1.807, 2.05) is 23.1 Å². The first-order valence-electron chi connectivity index (χ1n) is 8.89. The molecule has 136 valence electrons.